The van der Waals surface area contributed by atoms with E-state index in [-0.39, 0.29) is 0 Å². The fraction of sp³-hybridized carbons (Fsp3) is 0. The zero-order chi connectivity index (χ0) is 47.0. The molecule has 71 heavy (non-hydrogen) atoms. The minimum absolute atomic E-state index is 0.463. The minimum atomic E-state index is 0.463. The summed E-state index contributed by atoms with van der Waals surface area (Å²) in [7, 11) is 0. The van der Waals surface area contributed by atoms with E-state index in [9.17, 15) is 5.26 Å². The third kappa shape index (κ3) is 6.47. The number of para-hydroxylation sites is 3. The van der Waals surface area contributed by atoms with E-state index in [2.05, 4.69) is 190 Å². The van der Waals surface area contributed by atoms with Gasteiger partial charge >= 0.3 is 0 Å². The summed E-state index contributed by atoms with van der Waals surface area (Å²) in [6.07, 6.45) is 0. The largest absolute Gasteiger partial charge is 0.309 e. The molecule has 0 atom stereocenters. The van der Waals surface area contributed by atoms with Crippen LogP contribution in [0.3, 0.4) is 0 Å². The lowest BCUT2D eigenvalue weighted by molar-refractivity contribution is 0.953. The maximum absolute atomic E-state index is 11.2. The topological polar surface area (TPSA) is 77.2 Å². The summed E-state index contributed by atoms with van der Waals surface area (Å²) >= 11 is 0. The average Bonchev–Trinajstić information content (AvgIpc) is 4.07. The van der Waals surface area contributed by atoms with Crippen LogP contribution >= 0.6 is 0 Å². The molecule has 4 aromatic heterocycles. The first-order chi connectivity index (χ1) is 35.2. The van der Waals surface area contributed by atoms with Crippen molar-refractivity contribution in [2.24, 2.45) is 0 Å². The van der Waals surface area contributed by atoms with Gasteiger partial charge in [0.15, 0.2) is 11.6 Å². The summed E-state index contributed by atoms with van der Waals surface area (Å²) in [4.78, 5) is 15.7. The molecule has 0 spiro atoms. The quantitative estimate of drug-likeness (QED) is 0.160. The molecule has 0 saturated carbocycles. The lowest BCUT2D eigenvalue weighted by atomic mass is 10.0. The Balaban J connectivity index is 0.978. The number of fused-ring (bicyclic) bond motifs is 9. The second-order valence-electron chi connectivity index (χ2n) is 18.0. The molecule has 0 aliphatic carbocycles. The molecule has 0 aliphatic heterocycles. The maximum atomic E-state index is 11.2. The van der Waals surface area contributed by atoms with E-state index in [1.807, 2.05) is 66.7 Å². The molecule has 0 unspecified atom stereocenters. The van der Waals surface area contributed by atoms with Crippen LogP contribution in [0, 0.1) is 11.3 Å². The Morgan fingerprint density at radius 2 is 0.746 bits per heavy atom. The minimum Gasteiger partial charge on any atom is -0.309 e. The smallest absolute Gasteiger partial charge is 0.238 e. The van der Waals surface area contributed by atoms with Crippen LogP contribution < -0.4 is 0 Å². The van der Waals surface area contributed by atoms with E-state index in [4.69, 9.17) is 15.0 Å². The van der Waals surface area contributed by atoms with Crippen LogP contribution in [0.25, 0.3) is 128 Å². The van der Waals surface area contributed by atoms with E-state index in [0.717, 1.165) is 93.8 Å². The maximum Gasteiger partial charge on any atom is 0.238 e. The van der Waals surface area contributed by atoms with Crippen molar-refractivity contribution in [1.29, 1.82) is 5.26 Å². The van der Waals surface area contributed by atoms with Crippen molar-refractivity contribution in [3.8, 4) is 68.4 Å². The van der Waals surface area contributed by atoms with E-state index in [1.165, 1.54) is 10.8 Å². The van der Waals surface area contributed by atoms with Crippen molar-refractivity contribution in [3.63, 3.8) is 0 Å². The number of nitriles is 1. The fourth-order valence-electron chi connectivity index (χ4n) is 10.7. The van der Waals surface area contributed by atoms with Gasteiger partial charge in [-0.15, -0.1) is 0 Å². The van der Waals surface area contributed by atoms with E-state index in [1.54, 1.807) is 0 Å². The van der Waals surface area contributed by atoms with Crippen LogP contribution in [0.2, 0.25) is 0 Å². The summed E-state index contributed by atoms with van der Waals surface area (Å²) in [6.45, 7) is 0. The summed E-state index contributed by atoms with van der Waals surface area (Å²) < 4.78 is 6.73. The SMILES string of the molecule is N#Cc1cc(-c2nc(-c3ccccc3)nc(-n3c4ccc(-c5ccccc5)cc4c4cc(-c5ccccc5)ccc43)n2)ccc1-n1c2ccccc2c2cc3c4ccccc4n(-c4ccccc4)c3cc21. The highest BCUT2D eigenvalue weighted by molar-refractivity contribution is 6.19. The number of benzene rings is 10. The highest BCUT2D eigenvalue weighted by Gasteiger charge is 2.23. The van der Waals surface area contributed by atoms with Crippen molar-refractivity contribution in [3.05, 3.63) is 242 Å². The lowest BCUT2D eigenvalue weighted by Gasteiger charge is -2.14. The molecule has 0 bridgehead atoms. The number of aromatic nitrogens is 6. The van der Waals surface area contributed by atoms with Gasteiger partial charge in [0.05, 0.1) is 44.4 Å². The lowest BCUT2D eigenvalue weighted by Crippen LogP contribution is -2.07. The zero-order valence-electron chi connectivity index (χ0n) is 38.1. The number of rotatable bonds is 7. The Hall–Kier alpha value is -9.90. The number of nitrogens with zero attached hydrogens (tertiary/aromatic N) is 7. The number of hydrogen-bond acceptors (Lipinski definition) is 4. The standard InChI is InChI=1S/C64H39N7/c65-40-47-35-46(31-32-55(47)70-57-28-16-14-26-50(57)54-38-53-49-25-13-15-27-56(49)69(60(53)39-61(54)70)48-23-11-4-12-24-48)63-66-62(43-21-9-3-10-22-43)67-64(68-63)71-58-33-29-44(41-17-5-1-6-18-41)36-51(58)52-37-45(30-34-59(52)71)42-19-7-2-8-20-42/h1-39H. The summed E-state index contributed by atoms with van der Waals surface area (Å²) in [6, 6.07) is 85.0. The molecular formula is C64H39N7. The Morgan fingerprint density at radius 1 is 0.296 bits per heavy atom. The molecule has 14 aromatic rings. The third-order valence-electron chi connectivity index (χ3n) is 13.9. The molecule has 0 saturated heterocycles. The molecule has 330 valence electrons. The molecule has 0 radical (unpaired) electrons. The summed E-state index contributed by atoms with van der Waals surface area (Å²) in [5.74, 6) is 1.48. The number of hydrogen-bond donors (Lipinski definition) is 0. The van der Waals surface area contributed by atoms with Gasteiger partial charge in [0.25, 0.3) is 0 Å². The van der Waals surface area contributed by atoms with Gasteiger partial charge in [0.2, 0.25) is 5.95 Å². The normalized spacial score (nSPS) is 11.6. The average molecular weight is 906 g/mol. The molecule has 14 rings (SSSR count). The van der Waals surface area contributed by atoms with Gasteiger partial charge in [-0.3, -0.25) is 4.57 Å². The first-order valence-electron chi connectivity index (χ1n) is 23.7. The molecule has 10 aromatic carbocycles. The second kappa shape index (κ2) is 16.1. The van der Waals surface area contributed by atoms with Gasteiger partial charge in [-0.2, -0.15) is 15.2 Å². The zero-order valence-corrected chi connectivity index (χ0v) is 38.1. The van der Waals surface area contributed by atoms with Crippen molar-refractivity contribution >= 4 is 65.4 Å². The van der Waals surface area contributed by atoms with Crippen LogP contribution in [0.15, 0.2) is 237 Å². The van der Waals surface area contributed by atoms with Gasteiger partial charge in [0.1, 0.15) is 6.07 Å². The van der Waals surface area contributed by atoms with Gasteiger partial charge in [-0.1, -0.05) is 158 Å². The van der Waals surface area contributed by atoms with E-state index < -0.39 is 0 Å². The molecule has 0 fully saturated rings. The Bertz CT molecular complexity index is 4350. The van der Waals surface area contributed by atoms with Crippen LogP contribution in [-0.4, -0.2) is 28.7 Å². The van der Waals surface area contributed by atoms with Crippen molar-refractivity contribution in [1.82, 2.24) is 28.7 Å². The molecule has 4 heterocycles. The Morgan fingerprint density at radius 3 is 1.32 bits per heavy atom. The summed E-state index contributed by atoms with van der Waals surface area (Å²) in [5, 5.41) is 17.9. The van der Waals surface area contributed by atoms with E-state index >= 15 is 0 Å². The van der Waals surface area contributed by atoms with Gasteiger partial charge < -0.3 is 9.13 Å². The Kier molecular flexibility index (Phi) is 9.13. The first kappa shape index (κ1) is 40.2. The predicted octanol–water partition coefficient (Wildman–Crippen LogP) is 15.7. The summed E-state index contributed by atoms with van der Waals surface area (Å²) in [5.41, 5.74) is 14.7. The predicted molar refractivity (Wildman–Crippen MR) is 289 cm³/mol. The van der Waals surface area contributed by atoms with Crippen LogP contribution in [-0.2, 0) is 0 Å². The van der Waals surface area contributed by atoms with Crippen LogP contribution in [0.1, 0.15) is 5.56 Å². The molecular weight excluding hydrogens is 867 g/mol. The Labute approximate surface area is 408 Å². The van der Waals surface area contributed by atoms with Crippen molar-refractivity contribution in [2.45, 2.75) is 0 Å². The van der Waals surface area contributed by atoms with Gasteiger partial charge in [0, 0.05) is 49.1 Å². The van der Waals surface area contributed by atoms with Gasteiger partial charge in [-0.05, 0) is 101 Å². The monoisotopic (exact) mass is 905 g/mol. The van der Waals surface area contributed by atoms with Crippen LogP contribution in [0.5, 0.6) is 0 Å². The highest BCUT2D eigenvalue weighted by Crippen LogP contribution is 2.41. The highest BCUT2D eigenvalue weighted by atomic mass is 15.2. The third-order valence-corrected chi connectivity index (χ3v) is 13.9. The van der Waals surface area contributed by atoms with Crippen molar-refractivity contribution in [2.75, 3.05) is 0 Å². The van der Waals surface area contributed by atoms with E-state index in [0.29, 0.717) is 28.7 Å². The molecule has 0 N–H and O–H groups in total. The molecule has 0 aliphatic rings. The molecule has 7 nitrogen and oxygen atoms in total. The van der Waals surface area contributed by atoms with Crippen LogP contribution in [0.4, 0.5) is 0 Å². The molecule has 0 amide bonds. The molecule has 7 heteroatoms. The second-order valence-corrected chi connectivity index (χ2v) is 18.0. The van der Waals surface area contributed by atoms with Crippen molar-refractivity contribution < 1.29 is 0 Å². The first-order valence-corrected chi connectivity index (χ1v) is 23.7. The van der Waals surface area contributed by atoms with Gasteiger partial charge in [-0.25, -0.2) is 4.98 Å². The fourth-order valence-corrected chi connectivity index (χ4v) is 10.7.